The molecule has 1 heterocycles. The van der Waals surface area contributed by atoms with Crippen LogP contribution in [0.4, 0.5) is 5.69 Å². The van der Waals surface area contributed by atoms with Gasteiger partial charge in [0.25, 0.3) is 10.0 Å². The van der Waals surface area contributed by atoms with E-state index in [1.165, 1.54) is 24.1 Å². The molecule has 0 radical (unpaired) electrons. The average molecular weight is 484 g/mol. The summed E-state index contributed by atoms with van der Waals surface area (Å²) in [6, 6.07) is 22.0. The fourth-order valence-electron chi connectivity index (χ4n) is 3.66. The number of benzene rings is 3. The van der Waals surface area contributed by atoms with E-state index in [1.807, 2.05) is 24.3 Å². The Kier molecular flexibility index (Phi) is 6.40. The average Bonchev–Trinajstić information content (AvgIpc) is 3.30. The van der Waals surface area contributed by atoms with Crippen molar-refractivity contribution in [1.82, 2.24) is 5.01 Å². The molecule has 9 heteroatoms. The number of methoxy groups -OCH3 is 1. The lowest BCUT2D eigenvalue weighted by Gasteiger charge is -2.20. The van der Waals surface area contributed by atoms with Gasteiger partial charge in [0.15, 0.2) is 0 Å². The number of halogens is 1. The van der Waals surface area contributed by atoms with Crippen molar-refractivity contribution >= 4 is 39.1 Å². The molecule has 0 N–H and O–H groups in total. The molecule has 0 bridgehead atoms. The maximum Gasteiger partial charge on any atom is 0.278 e. The smallest absolute Gasteiger partial charge is 0.278 e. The first-order valence-corrected chi connectivity index (χ1v) is 12.0. The highest BCUT2D eigenvalue weighted by molar-refractivity contribution is 7.94. The second kappa shape index (κ2) is 9.25. The summed E-state index contributed by atoms with van der Waals surface area (Å²) in [6.07, 6.45) is 0.526. The van der Waals surface area contributed by atoms with Gasteiger partial charge in [-0.3, -0.25) is 4.79 Å². The van der Waals surface area contributed by atoms with Gasteiger partial charge in [0.2, 0.25) is 5.91 Å². The zero-order valence-electron chi connectivity index (χ0n) is 18.1. The van der Waals surface area contributed by atoms with Crippen LogP contribution in [0.1, 0.15) is 30.5 Å². The lowest BCUT2D eigenvalue weighted by atomic mass is 9.98. The van der Waals surface area contributed by atoms with Crippen molar-refractivity contribution in [2.24, 2.45) is 5.10 Å². The van der Waals surface area contributed by atoms with Crippen molar-refractivity contribution < 1.29 is 17.9 Å². The molecule has 1 unspecified atom stereocenters. The largest absolute Gasteiger partial charge is 0.497 e. The van der Waals surface area contributed by atoms with Gasteiger partial charge in [0.1, 0.15) is 5.75 Å². The van der Waals surface area contributed by atoms with Crippen molar-refractivity contribution in [3.8, 4) is 5.75 Å². The zero-order chi connectivity index (χ0) is 23.6. The Bertz CT molecular complexity index is 1280. The molecule has 4 rings (SSSR count). The summed E-state index contributed by atoms with van der Waals surface area (Å²) in [7, 11) is -2.29. The van der Waals surface area contributed by atoms with E-state index in [0.29, 0.717) is 12.1 Å². The first kappa shape index (κ1) is 22.8. The highest BCUT2D eigenvalue weighted by atomic mass is 35.5. The van der Waals surface area contributed by atoms with Gasteiger partial charge in [0.05, 0.1) is 29.4 Å². The van der Waals surface area contributed by atoms with Crippen LogP contribution in [0.5, 0.6) is 5.75 Å². The van der Waals surface area contributed by atoms with Crippen LogP contribution >= 0.6 is 11.8 Å². The van der Waals surface area contributed by atoms with E-state index in [1.54, 1.807) is 49.6 Å². The van der Waals surface area contributed by atoms with E-state index in [0.717, 1.165) is 26.4 Å². The summed E-state index contributed by atoms with van der Waals surface area (Å²) < 4.78 is 31.4. The highest BCUT2D eigenvalue weighted by Crippen LogP contribution is 2.34. The van der Waals surface area contributed by atoms with Crippen molar-refractivity contribution in [2.75, 3.05) is 10.9 Å². The van der Waals surface area contributed by atoms with Crippen LogP contribution in [0.15, 0.2) is 88.9 Å². The fraction of sp³-hybridized carbons (Fsp3) is 0.167. The summed E-state index contributed by atoms with van der Waals surface area (Å²) in [5.41, 5.74) is 2.76. The number of ether oxygens (including phenoxy) is 1. The van der Waals surface area contributed by atoms with Crippen molar-refractivity contribution in [2.45, 2.75) is 24.3 Å². The number of amides is 1. The molecular formula is C24H22ClN3O4S. The first-order chi connectivity index (χ1) is 15.8. The summed E-state index contributed by atoms with van der Waals surface area (Å²) in [5, 5.41) is 6.00. The van der Waals surface area contributed by atoms with Gasteiger partial charge in [0, 0.05) is 25.1 Å². The lowest BCUT2D eigenvalue weighted by Crippen LogP contribution is -2.24. The van der Waals surface area contributed by atoms with Gasteiger partial charge in [-0.2, -0.15) is 17.3 Å². The number of anilines is 1. The Morgan fingerprint density at radius 2 is 1.67 bits per heavy atom. The zero-order valence-corrected chi connectivity index (χ0v) is 19.6. The number of hydrogen-bond donors (Lipinski definition) is 0. The second-order valence-corrected chi connectivity index (χ2v) is 9.81. The van der Waals surface area contributed by atoms with Crippen LogP contribution in [-0.2, 0) is 14.8 Å². The Morgan fingerprint density at radius 3 is 2.24 bits per heavy atom. The number of hydrazone groups is 1. The summed E-state index contributed by atoms with van der Waals surface area (Å²) in [6.45, 7) is 1.48. The molecule has 0 spiro atoms. The molecule has 0 saturated carbocycles. The van der Waals surface area contributed by atoms with E-state index in [2.05, 4.69) is 5.10 Å². The quantitative estimate of drug-likeness (QED) is 0.474. The first-order valence-electron chi connectivity index (χ1n) is 10.2. The van der Waals surface area contributed by atoms with Crippen molar-refractivity contribution in [3.05, 3.63) is 90.0 Å². The molecule has 1 aliphatic heterocycles. The Balaban J connectivity index is 1.57. The van der Waals surface area contributed by atoms with E-state index in [-0.39, 0.29) is 16.8 Å². The molecule has 0 aliphatic carbocycles. The van der Waals surface area contributed by atoms with Crippen LogP contribution in [0.2, 0.25) is 0 Å². The van der Waals surface area contributed by atoms with Crippen LogP contribution in [-0.4, -0.2) is 32.2 Å². The lowest BCUT2D eigenvalue weighted by molar-refractivity contribution is -0.130. The van der Waals surface area contributed by atoms with Gasteiger partial charge < -0.3 is 4.74 Å². The third-order valence-electron chi connectivity index (χ3n) is 5.39. The molecular weight excluding hydrogens is 462 g/mol. The number of carbonyl (C=O) groups is 1. The molecule has 0 aromatic heterocycles. The Hall–Kier alpha value is -3.36. The monoisotopic (exact) mass is 483 g/mol. The van der Waals surface area contributed by atoms with Crippen molar-refractivity contribution in [1.29, 1.82) is 0 Å². The normalized spacial score (nSPS) is 15.8. The van der Waals surface area contributed by atoms with E-state index >= 15 is 0 Å². The van der Waals surface area contributed by atoms with Crippen LogP contribution in [0, 0.1) is 0 Å². The molecule has 3 aromatic carbocycles. The van der Waals surface area contributed by atoms with Gasteiger partial charge in [-0.15, -0.1) is 0 Å². The number of rotatable bonds is 6. The SMILES string of the molecule is COc1ccc(C2CC(c3ccc(N(Cl)S(=O)(=O)c4ccccc4)cc3)=NN2C(C)=O)cc1. The highest BCUT2D eigenvalue weighted by Gasteiger charge is 2.31. The molecule has 1 aliphatic rings. The third-order valence-corrected chi connectivity index (χ3v) is 7.63. The fourth-order valence-corrected chi connectivity index (χ4v) is 5.09. The molecule has 0 fully saturated rings. The number of sulfonamides is 1. The maximum absolute atomic E-state index is 12.8. The van der Waals surface area contributed by atoms with Crippen molar-refractivity contribution in [3.63, 3.8) is 0 Å². The minimum absolute atomic E-state index is 0.101. The minimum Gasteiger partial charge on any atom is -0.497 e. The summed E-state index contributed by atoms with van der Waals surface area (Å²) >= 11 is 6.19. The maximum atomic E-state index is 12.8. The summed E-state index contributed by atoms with van der Waals surface area (Å²) in [4.78, 5) is 12.3. The van der Waals surface area contributed by atoms with E-state index < -0.39 is 10.0 Å². The molecule has 1 atom stereocenters. The standard InChI is InChI=1S/C24H22ClN3O4S/c1-17(29)27-24(19-10-14-21(32-2)15-11-19)16-23(26-27)18-8-12-20(13-9-18)28(25)33(30,31)22-6-4-3-5-7-22/h3-15,24H,16H2,1-2H3. The third kappa shape index (κ3) is 4.58. The van der Waals surface area contributed by atoms with Gasteiger partial charge in [-0.05, 0) is 47.5 Å². The predicted octanol–water partition coefficient (Wildman–Crippen LogP) is 4.74. The topological polar surface area (TPSA) is 79.3 Å². The molecule has 1 amide bonds. The second-order valence-electron chi connectivity index (χ2n) is 7.48. The molecule has 33 heavy (non-hydrogen) atoms. The minimum atomic E-state index is -3.89. The summed E-state index contributed by atoms with van der Waals surface area (Å²) in [5.74, 6) is 0.572. The van der Waals surface area contributed by atoms with E-state index in [4.69, 9.17) is 16.5 Å². The molecule has 170 valence electrons. The number of carbonyl (C=O) groups excluding carboxylic acids is 1. The number of nitrogens with zero attached hydrogens (tertiary/aromatic N) is 3. The van der Waals surface area contributed by atoms with Crippen LogP contribution in [0.3, 0.4) is 0 Å². The molecule has 0 saturated heterocycles. The van der Waals surface area contributed by atoms with Crippen LogP contribution in [0.25, 0.3) is 0 Å². The number of hydrogen-bond acceptors (Lipinski definition) is 5. The Labute approximate surface area is 198 Å². The Morgan fingerprint density at radius 1 is 1.03 bits per heavy atom. The molecule has 7 nitrogen and oxygen atoms in total. The molecule has 3 aromatic rings. The van der Waals surface area contributed by atoms with Crippen LogP contribution < -0.4 is 8.56 Å². The predicted molar refractivity (Wildman–Crippen MR) is 128 cm³/mol. The van der Waals surface area contributed by atoms with Gasteiger partial charge in [-0.25, -0.2) is 5.01 Å². The van der Waals surface area contributed by atoms with E-state index in [9.17, 15) is 13.2 Å². The van der Waals surface area contributed by atoms with Gasteiger partial charge in [-0.1, -0.05) is 42.5 Å². The van der Waals surface area contributed by atoms with Gasteiger partial charge >= 0.3 is 0 Å².